The van der Waals surface area contributed by atoms with Gasteiger partial charge in [-0.1, -0.05) is 36.9 Å². The number of hydrogen-bond donors (Lipinski definition) is 2. The van der Waals surface area contributed by atoms with Crippen molar-refractivity contribution in [3.8, 4) is 5.75 Å². The molecule has 0 radical (unpaired) electrons. The molecule has 8 heteroatoms. The van der Waals surface area contributed by atoms with Crippen molar-refractivity contribution in [2.45, 2.75) is 46.0 Å². The third kappa shape index (κ3) is 6.97. The van der Waals surface area contributed by atoms with E-state index in [1.165, 1.54) is 6.42 Å². The molecule has 0 saturated heterocycles. The smallest absolute Gasteiger partial charge is 0.260 e. The van der Waals surface area contributed by atoms with E-state index in [0.717, 1.165) is 25.7 Å². The minimum absolute atomic E-state index is 0.0131. The maximum absolute atomic E-state index is 12.8. The molecule has 2 aromatic carbocycles. The molecule has 1 aliphatic rings. The number of rotatable bonds is 9. The molecule has 0 aromatic heterocycles. The fourth-order valence-corrected chi connectivity index (χ4v) is 4.29. The Morgan fingerprint density at radius 3 is 2.35 bits per heavy atom. The highest BCUT2D eigenvalue weighted by Gasteiger charge is 2.21. The number of ether oxygens (including phenoxy) is 1. The lowest BCUT2D eigenvalue weighted by Crippen LogP contribution is -2.34. The van der Waals surface area contributed by atoms with Gasteiger partial charge >= 0.3 is 0 Å². The summed E-state index contributed by atoms with van der Waals surface area (Å²) in [5, 5.41) is 6.03. The van der Waals surface area contributed by atoms with Crippen LogP contribution in [0.2, 0.25) is 5.02 Å². The molecule has 0 aliphatic heterocycles. The first-order chi connectivity index (χ1) is 16.4. The minimum Gasteiger partial charge on any atom is -0.482 e. The topological polar surface area (TPSA) is 87.7 Å². The molecule has 0 heterocycles. The molecule has 0 atom stereocenters. The van der Waals surface area contributed by atoms with Crippen LogP contribution in [0.25, 0.3) is 0 Å². The van der Waals surface area contributed by atoms with Crippen LogP contribution in [0.5, 0.6) is 5.75 Å². The number of benzene rings is 2. The second-order valence-corrected chi connectivity index (χ2v) is 8.77. The summed E-state index contributed by atoms with van der Waals surface area (Å²) in [6.45, 7) is 4.94. The lowest BCUT2D eigenvalue weighted by molar-refractivity contribution is -0.133. The Bertz CT molecular complexity index is 1020. The number of nitrogens with one attached hydrogen (secondary N) is 2. The van der Waals surface area contributed by atoms with Gasteiger partial charge in [-0.05, 0) is 63.1 Å². The Kier molecular flexibility index (Phi) is 9.33. The van der Waals surface area contributed by atoms with E-state index in [0.29, 0.717) is 40.8 Å². The van der Waals surface area contributed by atoms with Crippen LogP contribution in [-0.2, 0) is 9.59 Å². The van der Waals surface area contributed by atoms with E-state index in [9.17, 15) is 14.4 Å². The maximum atomic E-state index is 12.8. The molecule has 1 aliphatic carbocycles. The van der Waals surface area contributed by atoms with Crippen LogP contribution in [0.1, 0.15) is 56.3 Å². The SMILES string of the molecule is CCN(CC)C(=O)COc1ccc(NC(=O)c2cccc(NC(=O)C3CCCCC3)c2)cc1Cl. The summed E-state index contributed by atoms with van der Waals surface area (Å²) in [5.74, 6) is -0.0211. The lowest BCUT2D eigenvalue weighted by atomic mass is 9.88. The molecule has 7 nitrogen and oxygen atoms in total. The number of hydrogen-bond acceptors (Lipinski definition) is 4. The van der Waals surface area contributed by atoms with E-state index >= 15 is 0 Å². The molecular weight excluding hydrogens is 454 g/mol. The predicted octanol–water partition coefficient (Wildman–Crippen LogP) is 5.36. The van der Waals surface area contributed by atoms with E-state index in [4.69, 9.17) is 16.3 Å². The second kappa shape index (κ2) is 12.4. The highest BCUT2D eigenvalue weighted by Crippen LogP contribution is 2.28. The first-order valence-corrected chi connectivity index (χ1v) is 12.2. The average molecular weight is 486 g/mol. The van der Waals surface area contributed by atoms with Gasteiger partial charge in [-0.25, -0.2) is 0 Å². The van der Waals surface area contributed by atoms with Crippen molar-refractivity contribution in [2.75, 3.05) is 30.3 Å². The molecule has 3 rings (SSSR count). The molecular formula is C26H32ClN3O4. The Morgan fingerprint density at radius 1 is 0.971 bits per heavy atom. The summed E-state index contributed by atoms with van der Waals surface area (Å²) in [7, 11) is 0. The molecule has 34 heavy (non-hydrogen) atoms. The van der Waals surface area contributed by atoms with Crippen molar-refractivity contribution in [3.05, 3.63) is 53.1 Å². The Balaban J connectivity index is 1.58. The van der Waals surface area contributed by atoms with Crippen LogP contribution in [0.15, 0.2) is 42.5 Å². The first kappa shape index (κ1) is 25.6. The van der Waals surface area contributed by atoms with Gasteiger partial charge in [0.2, 0.25) is 5.91 Å². The van der Waals surface area contributed by atoms with Gasteiger partial charge in [-0.3, -0.25) is 14.4 Å². The van der Waals surface area contributed by atoms with Gasteiger partial charge in [0.1, 0.15) is 5.75 Å². The molecule has 1 fully saturated rings. The molecule has 0 bridgehead atoms. The van der Waals surface area contributed by atoms with E-state index in [1.807, 2.05) is 13.8 Å². The van der Waals surface area contributed by atoms with Crippen molar-refractivity contribution in [3.63, 3.8) is 0 Å². The van der Waals surface area contributed by atoms with E-state index in [2.05, 4.69) is 10.6 Å². The normalized spacial score (nSPS) is 13.7. The van der Waals surface area contributed by atoms with Crippen molar-refractivity contribution < 1.29 is 19.1 Å². The van der Waals surface area contributed by atoms with E-state index in [-0.39, 0.29) is 30.2 Å². The zero-order valence-electron chi connectivity index (χ0n) is 19.7. The van der Waals surface area contributed by atoms with Crippen molar-refractivity contribution in [2.24, 2.45) is 5.92 Å². The molecule has 0 unspecified atom stereocenters. The van der Waals surface area contributed by atoms with Crippen molar-refractivity contribution >= 4 is 40.7 Å². The summed E-state index contributed by atoms with van der Waals surface area (Å²) in [6.07, 6.45) is 5.18. The zero-order chi connectivity index (χ0) is 24.5. The zero-order valence-corrected chi connectivity index (χ0v) is 20.5. The van der Waals surface area contributed by atoms with Crippen molar-refractivity contribution in [1.29, 1.82) is 0 Å². The van der Waals surface area contributed by atoms with Crippen LogP contribution in [0.3, 0.4) is 0 Å². The molecule has 3 amide bonds. The van der Waals surface area contributed by atoms with E-state index < -0.39 is 0 Å². The maximum Gasteiger partial charge on any atom is 0.260 e. The van der Waals surface area contributed by atoms with Gasteiger partial charge in [0.05, 0.1) is 5.02 Å². The second-order valence-electron chi connectivity index (χ2n) is 8.36. The van der Waals surface area contributed by atoms with E-state index in [1.54, 1.807) is 47.4 Å². The average Bonchev–Trinajstić information content (AvgIpc) is 2.85. The fraction of sp³-hybridized carbons (Fsp3) is 0.423. The quantitative estimate of drug-likeness (QED) is 0.500. The first-order valence-electron chi connectivity index (χ1n) is 11.8. The van der Waals surface area contributed by atoms with Crippen LogP contribution in [0, 0.1) is 5.92 Å². The third-order valence-electron chi connectivity index (χ3n) is 6.03. The largest absolute Gasteiger partial charge is 0.482 e. The monoisotopic (exact) mass is 485 g/mol. The Hall–Kier alpha value is -3.06. The molecule has 182 valence electrons. The van der Waals surface area contributed by atoms with Crippen LogP contribution in [-0.4, -0.2) is 42.3 Å². The van der Waals surface area contributed by atoms with Crippen LogP contribution < -0.4 is 15.4 Å². The summed E-state index contributed by atoms with van der Waals surface area (Å²) in [5.41, 5.74) is 1.51. The van der Waals surface area contributed by atoms with Gasteiger partial charge in [0.15, 0.2) is 6.61 Å². The number of nitrogens with zero attached hydrogens (tertiary/aromatic N) is 1. The standard InChI is InChI=1S/C26H32ClN3O4/c1-3-30(4-2)24(31)17-34-23-14-13-21(16-22(23)27)29-26(33)19-11-8-12-20(15-19)28-25(32)18-9-6-5-7-10-18/h8,11-16,18H,3-7,9-10,17H2,1-2H3,(H,28,32)(H,29,33). The summed E-state index contributed by atoms with van der Waals surface area (Å²) >= 11 is 6.30. The van der Waals surface area contributed by atoms with Gasteiger partial charge in [0.25, 0.3) is 11.8 Å². The Labute approximate surface area is 205 Å². The predicted molar refractivity (Wildman–Crippen MR) is 134 cm³/mol. The van der Waals surface area contributed by atoms with Gasteiger partial charge in [-0.15, -0.1) is 0 Å². The molecule has 2 aromatic rings. The summed E-state index contributed by atoms with van der Waals surface area (Å²) in [4.78, 5) is 39.1. The third-order valence-corrected chi connectivity index (χ3v) is 6.32. The number of carbonyl (C=O) groups excluding carboxylic acids is 3. The highest BCUT2D eigenvalue weighted by molar-refractivity contribution is 6.32. The molecule has 0 spiro atoms. The van der Waals surface area contributed by atoms with Gasteiger partial charge in [0, 0.05) is 35.9 Å². The highest BCUT2D eigenvalue weighted by atomic mass is 35.5. The van der Waals surface area contributed by atoms with Gasteiger partial charge in [-0.2, -0.15) is 0 Å². The molecule has 1 saturated carbocycles. The molecule has 2 N–H and O–H groups in total. The number of likely N-dealkylation sites (N-methyl/N-ethyl adjacent to an activating group) is 1. The number of anilines is 2. The van der Waals surface area contributed by atoms with Crippen LogP contribution >= 0.6 is 11.6 Å². The number of halogens is 1. The van der Waals surface area contributed by atoms with Gasteiger partial charge < -0.3 is 20.3 Å². The van der Waals surface area contributed by atoms with Crippen molar-refractivity contribution in [1.82, 2.24) is 4.90 Å². The summed E-state index contributed by atoms with van der Waals surface area (Å²) in [6, 6.07) is 11.7. The van der Waals surface area contributed by atoms with Crippen LogP contribution in [0.4, 0.5) is 11.4 Å². The lowest BCUT2D eigenvalue weighted by Gasteiger charge is -2.20. The number of carbonyl (C=O) groups is 3. The number of amides is 3. The fourth-order valence-electron chi connectivity index (χ4n) is 4.05. The summed E-state index contributed by atoms with van der Waals surface area (Å²) < 4.78 is 5.55. The Morgan fingerprint density at radius 2 is 1.68 bits per heavy atom. The minimum atomic E-state index is -0.324.